The molecule has 0 fully saturated rings. The maximum Gasteiger partial charge on any atom is 0.124 e. The van der Waals surface area contributed by atoms with Crippen molar-refractivity contribution in [3.8, 4) is 0 Å². The fraction of sp³-hybridized carbons (Fsp3) is 0.182. The summed E-state index contributed by atoms with van der Waals surface area (Å²) in [6, 6.07) is 6.47. The van der Waals surface area contributed by atoms with Gasteiger partial charge in [0.2, 0.25) is 0 Å². The van der Waals surface area contributed by atoms with Crippen LogP contribution in [0.5, 0.6) is 0 Å². The Morgan fingerprint density at radius 2 is 2.31 bits per heavy atom. The van der Waals surface area contributed by atoms with Crippen LogP contribution in [0.2, 0.25) is 0 Å². The van der Waals surface area contributed by atoms with Crippen LogP contribution >= 0.6 is 15.9 Å². The van der Waals surface area contributed by atoms with Gasteiger partial charge in [-0.15, -0.1) is 0 Å². The van der Waals surface area contributed by atoms with Crippen LogP contribution in [0.1, 0.15) is 0 Å². The van der Waals surface area contributed by atoms with Crippen molar-refractivity contribution in [2.45, 2.75) is 6.54 Å². The van der Waals surface area contributed by atoms with E-state index in [0.29, 0.717) is 0 Å². The summed E-state index contributed by atoms with van der Waals surface area (Å²) in [5.41, 5.74) is 0.883. The number of aromatic nitrogens is 2. The number of anilines is 1. The number of benzene rings is 1. The molecule has 0 aliphatic rings. The van der Waals surface area contributed by atoms with E-state index in [0.717, 1.165) is 23.2 Å². The summed E-state index contributed by atoms with van der Waals surface area (Å²) in [7, 11) is 0. The van der Waals surface area contributed by atoms with Crippen molar-refractivity contribution in [3.05, 3.63) is 46.9 Å². The normalized spacial score (nSPS) is 10.4. The number of halogens is 2. The van der Waals surface area contributed by atoms with Crippen LogP contribution in [0.3, 0.4) is 0 Å². The van der Waals surface area contributed by atoms with E-state index in [1.165, 1.54) is 12.1 Å². The molecule has 3 nitrogen and oxygen atoms in total. The zero-order valence-electron chi connectivity index (χ0n) is 8.53. The van der Waals surface area contributed by atoms with E-state index in [-0.39, 0.29) is 5.82 Å². The lowest BCUT2D eigenvalue weighted by molar-refractivity contribution is 0.626. The van der Waals surface area contributed by atoms with Gasteiger partial charge in [0.1, 0.15) is 5.82 Å². The average molecular weight is 284 g/mol. The minimum absolute atomic E-state index is 0.246. The van der Waals surface area contributed by atoms with Gasteiger partial charge in [0.05, 0.1) is 6.54 Å². The van der Waals surface area contributed by atoms with Crippen molar-refractivity contribution in [3.63, 3.8) is 0 Å². The van der Waals surface area contributed by atoms with Gasteiger partial charge >= 0.3 is 0 Å². The zero-order chi connectivity index (χ0) is 11.4. The third-order valence-corrected chi connectivity index (χ3v) is 2.80. The average Bonchev–Trinajstić information content (AvgIpc) is 2.74. The van der Waals surface area contributed by atoms with Crippen molar-refractivity contribution in [2.75, 3.05) is 11.9 Å². The summed E-state index contributed by atoms with van der Waals surface area (Å²) in [5, 5.41) is 7.29. The van der Waals surface area contributed by atoms with Crippen molar-refractivity contribution < 1.29 is 4.39 Å². The minimum Gasteiger partial charge on any atom is -0.382 e. The van der Waals surface area contributed by atoms with E-state index in [1.54, 1.807) is 12.3 Å². The number of hydrogen-bond donors (Lipinski definition) is 1. The Balaban J connectivity index is 1.90. The fourth-order valence-corrected chi connectivity index (χ4v) is 1.86. The highest BCUT2D eigenvalue weighted by atomic mass is 79.9. The Hall–Kier alpha value is -1.36. The van der Waals surface area contributed by atoms with Crippen molar-refractivity contribution in [2.24, 2.45) is 0 Å². The summed E-state index contributed by atoms with van der Waals surface area (Å²) in [6.45, 7) is 1.52. The highest BCUT2D eigenvalue weighted by molar-refractivity contribution is 9.10. The molecular weight excluding hydrogens is 273 g/mol. The molecule has 0 aliphatic heterocycles. The van der Waals surface area contributed by atoms with E-state index in [4.69, 9.17) is 0 Å². The standard InChI is InChI=1S/C11H11BrFN3/c12-10-8-9(13)2-3-11(10)14-5-7-16-6-1-4-15-16/h1-4,6,8,14H,5,7H2. The first kappa shape index (κ1) is 11.1. The Labute approximate surface area is 101 Å². The molecule has 84 valence electrons. The Morgan fingerprint density at radius 1 is 1.44 bits per heavy atom. The minimum atomic E-state index is -0.246. The third-order valence-electron chi connectivity index (χ3n) is 2.15. The van der Waals surface area contributed by atoms with Gasteiger partial charge in [-0.1, -0.05) is 0 Å². The lowest BCUT2D eigenvalue weighted by Crippen LogP contribution is -2.11. The van der Waals surface area contributed by atoms with Crippen molar-refractivity contribution >= 4 is 21.6 Å². The van der Waals surface area contributed by atoms with Gasteiger partial charge in [-0.25, -0.2) is 4.39 Å². The van der Waals surface area contributed by atoms with Gasteiger partial charge in [-0.3, -0.25) is 4.68 Å². The SMILES string of the molecule is Fc1ccc(NCCn2cccn2)c(Br)c1. The molecule has 0 saturated heterocycles. The monoisotopic (exact) mass is 283 g/mol. The van der Waals surface area contributed by atoms with Gasteiger partial charge in [-0.2, -0.15) is 5.10 Å². The molecule has 1 N–H and O–H groups in total. The number of hydrogen-bond acceptors (Lipinski definition) is 2. The molecule has 1 aromatic carbocycles. The number of nitrogens with zero attached hydrogens (tertiary/aromatic N) is 2. The van der Waals surface area contributed by atoms with Gasteiger partial charge in [0.25, 0.3) is 0 Å². The van der Waals surface area contributed by atoms with E-state index >= 15 is 0 Å². The molecule has 0 bridgehead atoms. The van der Waals surface area contributed by atoms with Crippen molar-refractivity contribution in [1.29, 1.82) is 0 Å². The van der Waals surface area contributed by atoms with Crippen LogP contribution in [-0.2, 0) is 6.54 Å². The van der Waals surface area contributed by atoms with E-state index < -0.39 is 0 Å². The number of nitrogens with one attached hydrogen (secondary N) is 1. The molecule has 0 amide bonds. The smallest absolute Gasteiger partial charge is 0.124 e. The van der Waals surface area contributed by atoms with Crippen molar-refractivity contribution in [1.82, 2.24) is 9.78 Å². The molecule has 5 heteroatoms. The first-order chi connectivity index (χ1) is 7.75. The second-order valence-corrected chi connectivity index (χ2v) is 4.17. The highest BCUT2D eigenvalue weighted by Gasteiger charge is 2.00. The molecule has 16 heavy (non-hydrogen) atoms. The maximum absolute atomic E-state index is 12.8. The summed E-state index contributed by atoms with van der Waals surface area (Å²) in [4.78, 5) is 0. The quantitative estimate of drug-likeness (QED) is 0.935. The predicted molar refractivity (Wildman–Crippen MR) is 64.8 cm³/mol. The molecule has 0 radical (unpaired) electrons. The lowest BCUT2D eigenvalue weighted by atomic mass is 10.3. The van der Waals surface area contributed by atoms with E-state index in [1.807, 2.05) is 16.9 Å². The Bertz CT molecular complexity index is 456. The maximum atomic E-state index is 12.8. The molecule has 2 aromatic rings. The van der Waals surface area contributed by atoms with Crippen LogP contribution in [0, 0.1) is 5.82 Å². The summed E-state index contributed by atoms with van der Waals surface area (Å²) in [5.74, 6) is -0.246. The Kier molecular flexibility index (Phi) is 3.56. The van der Waals surface area contributed by atoms with Crippen LogP contribution in [0.4, 0.5) is 10.1 Å². The molecule has 1 heterocycles. The lowest BCUT2D eigenvalue weighted by Gasteiger charge is -2.08. The second-order valence-electron chi connectivity index (χ2n) is 3.32. The number of rotatable bonds is 4. The first-order valence-corrected chi connectivity index (χ1v) is 5.71. The predicted octanol–water partition coefficient (Wildman–Crippen LogP) is 2.90. The molecule has 0 atom stereocenters. The summed E-state index contributed by atoms with van der Waals surface area (Å²) in [6.07, 6.45) is 3.65. The zero-order valence-corrected chi connectivity index (χ0v) is 10.1. The fourth-order valence-electron chi connectivity index (χ4n) is 1.37. The molecule has 0 saturated carbocycles. The van der Waals surface area contributed by atoms with Gasteiger partial charge < -0.3 is 5.32 Å². The molecular formula is C11H11BrFN3. The largest absolute Gasteiger partial charge is 0.382 e. The molecule has 1 aromatic heterocycles. The van der Waals surface area contributed by atoms with Gasteiger partial charge in [-0.05, 0) is 40.2 Å². The van der Waals surface area contributed by atoms with E-state index in [2.05, 4.69) is 26.3 Å². The summed E-state index contributed by atoms with van der Waals surface area (Å²) >= 11 is 3.30. The highest BCUT2D eigenvalue weighted by Crippen LogP contribution is 2.22. The van der Waals surface area contributed by atoms with Crippen LogP contribution in [0.25, 0.3) is 0 Å². The van der Waals surface area contributed by atoms with Gasteiger partial charge in [0.15, 0.2) is 0 Å². The first-order valence-electron chi connectivity index (χ1n) is 4.92. The molecule has 0 aliphatic carbocycles. The second kappa shape index (κ2) is 5.12. The molecule has 0 unspecified atom stereocenters. The topological polar surface area (TPSA) is 29.9 Å². The van der Waals surface area contributed by atoms with Crippen LogP contribution in [-0.4, -0.2) is 16.3 Å². The van der Waals surface area contributed by atoms with E-state index in [9.17, 15) is 4.39 Å². The van der Waals surface area contributed by atoms with Crippen LogP contribution < -0.4 is 5.32 Å². The van der Waals surface area contributed by atoms with Crippen LogP contribution in [0.15, 0.2) is 41.1 Å². The summed E-state index contributed by atoms with van der Waals surface area (Å²) < 4.78 is 15.4. The third kappa shape index (κ3) is 2.82. The molecule has 2 rings (SSSR count). The van der Waals surface area contributed by atoms with Gasteiger partial charge in [0, 0.05) is 29.1 Å². The Morgan fingerprint density at radius 3 is 3.00 bits per heavy atom. The molecule has 0 spiro atoms.